The van der Waals surface area contributed by atoms with Gasteiger partial charge in [-0.2, -0.15) is 0 Å². The normalized spacial score (nSPS) is 21.9. The summed E-state index contributed by atoms with van der Waals surface area (Å²) in [6.07, 6.45) is 0. The maximum atomic E-state index is 11.6. The van der Waals surface area contributed by atoms with Crippen molar-refractivity contribution in [1.29, 1.82) is 0 Å². The fraction of sp³-hybridized carbons (Fsp3) is 0.462. The van der Waals surface area contributed by atoms with Crippen LogP contribution in [0.3, 0.4) is 0 Å². The minimum atomic E-state index is -0.462. The van der Waals surface area contributed by atoms with Crippen LogP contribution in [0.2, 0.25) is 0 Å². The monoisotopic (exact) mass is 278 g/mol. The van der Waals surface area contributed by atoms with Gasteiger partial charge >= 0.3 is 0 Å². The molecule has 1 amide bonds. The third kappa shape index (κ3) is 2.57. The fourth-order valence-corrected chi connectivity index (χ4v) is 2.41. The number of nitrogens with zero attached hydrogens (tertiary/aromatic N) is 2. The van der Waals surface area contributed by atoms with Crippen molar-refractivity contribution in [3.05, 3.63) is 33.9 Å². The number of benzene rings is 1. The maximum absolute atomic E-state index is 11.6. The van der Waals surface area contributed by atoms with Crippen molar-refractivity contribution in [3.8, 4) is 0 Å². The molecule has 2 atom stereocenters. The molecule has 2 rings (SSSR count). The Kier molecular flexibility index (Phi) is 3.89. The van der Waals surface area contributed by atoms with Gasteiger partial charge in [-0.15, -0.1) is 0 Å². The van der Waals surface area contributed by atoms with E-state index >= 15 is 0 Å². The van der Waals surface area contributed by atoms with Crippen LogP contribution >= 0.6 is 0 Å². The quantitative estimate of drug-likeness (QED) is 0.627. The molecule has 0 radical (unpaired) electrons. The van der Waals surface area contributed by atoms with E-state index in [1.165, 1.54) is 13.1 Å². The summed E-state index contributed by atoms with van der Waals surface area (Å²) in [5.74, 6) is -0.0561. The molecule has 1 aromatic rings. The molecule has 7 heteroatoms. The van der Waals surface area contributed by atoms with E-state index in [2.05, 4.69) is 5.32 Å². The first-order valence-electron chi connectivity index (χ1n) is 6.45. The lowest BCUT2D eigenvalue weighted by atomic mass is 10.1. The number of anilines is 1. The summed E-state index contributed by atoms with van der Waals surface area (Å²) in [7, 11) is 1.49. The van der Waals surface area contributed by atoms with Crippen LogP contribution in [0.25, 0.3) is 0 Å². The summed E-state index contributed by atoms with van der Waals surface area (Å²) < 4.78 is 0. The molecular formula is C13H18N4O3. The Bertz CT molecular complexity index is 536. The van der Waals surface area contributed by atoms with Gasteiger partial charge < -0.3 is 16.0 Å². The molecule has 0 saturated carbocycles. The number of amides is 1. The highest BCUT2D eigenvalue weighted by atomic mass is 16.6. The van der Waals surface area contributed by atoms with Crippen molar-refractivity contribution in [1.82, 2.24) is 5.32 Å². The number of hydrogen-bond acceptors (Lipinski definition) is 5. The summed E-state index contributed by atoms with van der Waals surface area (Å²) in [6, 6.07) is 4.53. The largest absolute Gasteiger partial charge is 0.364 e. The van der Waals surface area contributed by atoms with Gasteiger partial charge in [-0.25, -0.2) is 0 Å². The molecule has 2 unspecified atom stereocenters. The van der Waals surface area contributed by atoms with Gasteiger partial charge in [-0.3, -0.25) is 14.9 Å². The number of hydrogen-bond donors (Lipinski definition) is 2. The van der Waals surface area contributed by atoms with E-state index in [1.807, 2.05) is 11.8 Å². The molecular weight excluding hydrogens is 260 g/mol. The standard InChI is InChI=1S/C13H18N4O3/c1-8-6-16(7-10(8)14)11-4-3-9(13(18)15-2)5-12(11)17(19)20/h3-5,8,10H,6-7,14H2,1-2H3,(H,15,18). The van der Waals surface area contributed by atoms with Gasteiger partial charge in [-0.05, 0) is 18.1 Å². The smallest absolute Gasteiger partial charge is 0.293 e. The first-order chi connectivity index (χ1) is 9.43. The van der Waals surface area contributed by atoms with Crippen LogP contribution in [0, 0.1) is 16.0 Å². The molecule has 1 saturated heterocycles. The van der Waals surface area contributed by atoms with Crippen LogP contribution in [0.4, 0.5) is 11.4 Å². The predicted molar refractivity (Wildman–Crippen MR) is 75.8 cm³/mol. The number of nitrogens with two attached hydrogens (primary N) is 1. The van der Waals surface area contributed by atoms with Gasteiger partial charge in [0.2, 0.25) is 0 Å². The summed E-state index contributed by atoms with van der Waals surface area (Å²) in [6.45, 7) is 3.29. The zero-order valence-electron chi connectivity index (χ0n) is 11.5. The highest BCUT2D eigenvalue weighted by molar-refractivity contribution is 5.95. The highest BCUT2D eigenvalue weighted by Crippen LogP contribution is 2.32. The molecule has 7 nitrogen and oxygen atoms in total. The topological polar surface area (TPSA) is 102 Å². The first-order valence-corrected chi connectivity index (χ1v) is 6.45. The van der Waals surface area contributed by atoms with Crippen molar-refractivity contribution in [2.75, 3.05) is 25.0 Å². The predicted octanol–water partition coefficient (Wildman–Crippen LogP) is 0.738. The van der Waals surface area contributed by atoms with E-state index in [0.29, 0.717) is 18.8 Å². The van der Waals surface area contributed by atoms with E-state index in [-0.39, 0.29) is 29.1 Å². The third-order valence-corrected chi connectivity index (χ3v) is 3.67. The number of nitrogens with one attached hydrogen (secondary N) is 1. The van der Waals surface area contributed by atoms with Crippen LogP contribution in [0.5, 0.6) is 0 Å². The summed E-state index contributed by atoms with van der Waals surface area (Å²) in [4.78, 5) is 24.2. The Hall–Kier alpha value is -2.15. The van der Waals surface area contributed by atoms with Gasteiger partial charge in [0.1, 0.15) is 5.69 Å². The van der Waals surface area contributed by atoms with E-state index in [1.54, 1.807) is 12.1 Å². The van der Waals surface area contributed by atoms with Crippen LogP contribution in [0.15, 0.2) is 18.2 Å². The maximum Gasteiger partial charge on any atom is 0.293 e. The lowest BCUT2D eigenvalue weighted by Crippen LogP contribution is -2.28. The molecule has 1 aliphatic rings. The molecule has 20 heavy (non-hydrogen) atoms. The Morgan fingerprint density at radius 3 is 2.70 bits per heavy atom. The van der Waals surface area contributed by atoms with E-state index in [9.17, 15) is 14.9 Å². The SMILES string of the molecule is CNC(=O)c1ccc(N2CC(C)C(N)C2)c([N+](=O)[O-])c1. The number of rotatable bonds is 3. The number of nitro benzene ring substituents is 1. The van der Waals surface area contributed by atoms with E-state index in [0.717, 1.165) is 0 Å². The summed E-state index contributed by atoms with van der Waals surface area (Å²) >= 11 is 0. The molecule has 1 aliphatic heterocycles. The van der Waals surface area contributed by atoms with Crippen molar-refractivity contribution >= 4 is 17.3 Å². The molecule has 0 spiro atoms. The lowest BCUT2D eigenvalue weighted by molar-refractivity contribution is -0.384. The second-order valence-electron chi connectivity index (χ2n) is 5.09. The van der Waals surface area contributed by atoms with Gasteiger partial charge in [0.15, 0.2) is 0 Å². The van der Waals surface area contributed by atoms with Gasteiger partial charge in [0.05, 0.1) is 4.92 Å². The van der Waals surface area contributed by atoms with Crippen molar-refractivity contribution < 1.29 is 9.72 Å². The Morgan fingerprint density at radius 2 is 2.20 bits per heavy atom. The Morgan fingerprint density at radius 1 is 1.50 bits per heavy atom. The zero-order chi connectivity index (χ0) is 14.9. The third-order valence-electron chi connectivity index (χ3n) is 3.67. The van der Waals surface area contributed by atoms with Crippen molar-refractivity contribution in [2.45, 2.75) is 13.0 Å². The molecule has 3 N–H and O–H groups in total. The highest BCUT2D eigenvalue weighted by Gasteiger charge is 2.31. The lowest BCUT2D eigenvalue weighted by Gasteiger charge is -2.18. The van der Waals surface area contributed by atoms with Crippen LogP contribution in [-0.2, 0) is 0 Å². The Labute approximate surface area is 116 Å². The van der Waals surface area contributed by atoms with Gasteiger partial charge in [0.25, 0.3) is 11.6 Å². The second-order valence-corrected chi connectivity index (χ2v) is 5.09. The summed E-state index contributed by atoms with van der Waals surface area (Å²) in [5, 5.41) is 13.7. The van der Waals surface area contributed by atoms with Crippen LogP contribution in [-0.4, -0.2) is 37.0 Å². The second kappa shape index (κ2) is 5.46. The Balaban J connectivity index is 2.38. The van der Waals surface area contributed by atoms with E-state index in [4.69, 9.17) is 5.73 Å². The number of carbonyl (C=O) groups is 1. The fourth-order valence-electron chi connectivity index (χ4n) is 2.41. The van der Waals surface area contributed by atoms with Crippen molar-refractivity contribution in [3.63, 3.8) is 0 Å². The first kappa shape index (κ1) is 14.3. The summed E-state index contributed by atoms with van der Waals surface area (Å²) in [5.41, 5.74) is 6.69. The van der Waals surface area contributed by atoms with Crippen LogP contribution in [0.1, 0.15) is 17.3 Å². The minimum Gasteiger partial charge on any atom is -0.364 e. The average molecular weight is 278 g/mol. The molecule has 1 heterocycles. The van der Waals surface area contributed by atoms with E-state index < -0.39 is 4.92 Å². The molecule has 0 aromatic heterocycles. The molecule has 0 bridgehead atoms. The zero-order valence-corrected chi connectivity index (χ0v) is 11.5. The van der Waals surface area contributed by atoms with Crippen LogP contribution < -0.4 is 16.0 Å². The molecule has 1 fully saturated rings. The van der Waals surface area contributed by atoms with Crippen molar-refractivity contribution in [2.24, 2.45) is 11.7 Å². The average Bonchev–Trinajstić information content (AvgIpc) is 2.77. The minimum absolute atomic E-state index is 0.00761. The number of carbonyl (C=O) groups excluding carboxylic acids is 1. The number of nitro groups is 1. The molecule has 0 aliphatic carbocycles. The molecule has 108 valence electrons. The molecule has 1 aromatic carbocycles. The van der Waals surface area contributed by atoms with Gasteiger partial charge in [0, 0.05) is 37.8 Å². The van der Waals surface area contributed by atoms with Gasteiger partial charge in [-0.1, -0.05) is 6.92 Å².